The van der Waals surface area contributed by atoms with Crippen molar-refractivity contribution < 1.29 is 63.3 Å². The van der Waals surface area contributed by atoms with Crippen molar-refractivity contribution in [1.29, 1.82) is 0 Å². The van der Waals surface area contributed by atoms with Crippen molar-refractivity contribution in [3.05, 3.63) is 119 Å². The number of hydrogen-bond acceptors (Lipinski definition) is 8. The van der Waals surface area contributed by atoms with Gasteiger partial charge in [0.15, 0.2) is 17.2 Å². The van der Waals surface area contributed by atoms with Crippen molar-refractivity contribution in [1.82, 2.24) is 35.1 Å². The van der Waals surface area contributed by atoms with E-state index in [1.54, 1.807) is 19.9 Å². The number of aryl methyl sites for hydroxylation is 3. The minimum absolute atomic E-state index is 0.00740. The second kappa shape index (κ2) is 20.6. The molecule has 0 atom stereocenters. The number of aromatic nitrogens is 6. The number of carbonyl (C=O) groups is 2. The van der Waals surface area contributed by atoms with E-state index in [4.69, 9.17) is 95.4 Å². The molecule has 0 radical (unpaired) electrons. The van der Waals surface area contributed by atoms with E-state index < -0.39 is 46.6 Å². The smallest absolute Gasteiger partial charge is 0.416 e. The summed E-state index contributed by atoms with van der Waals surface area (Å²) in [5.74, 6) is -0.363. The average Bonchev–Trinajstić information content (AvgIpc) is 3.58. The van der Waals surface area contributed by atoms with Crippen molar-refractivity contribution in [2.45, 2.75) is 58.2 Å². The Labute approximate surface area is 400 Å². The first-order valence-corrected chi connectivity index (χ1v) is 20.5. The number of amides is 1. The Morgan fingerprint density at radius 1 is 0.576 bits per heavy atom. The normalized spacial score (nSPS) is 12.7. The van der Waals surface area contributed by atoms with Gasteiger partial charge in [-0.3, -0.25) is 9.89 Å². The summed E-state index contributed by atoms with van der Waals surface area (Å²) in [7, 11) is 0. The molecule has 66 heavy (non-hydrogen) atoms. The Hall–Kier alpha value is -4.77. The van der Waals surface area contributed by atoms with Crippen molar-refractivity contribution >= 4 is 92.6 Å². The van der Waals surface area contributed by atoms with Crippen LogP contribution in [0.4, 0.5) is 49.1 Å². The Kier molecular flexibility index (Phi) is 16.3. The van der Waals surface area contributed by atoms with Gasteiger partial charge in [-0.05, 0) is 81.6 Å². The van der Waals surface area contributed by atoms with Gasteiger partial charge in [0.1, 0.15) is 0 Å². The molecule has 1 aliphatic rings. The van der Waals surface area contributed by atoms with Crippen LogP contribution in [0, 0.1) is 20.8 Å². The zero-order valence-electron chi connectivity index (χ0n) is 33.0. The number of ether oxygens (including phenoxy) is 3. The maximum Gasteiger partial charge on any atom is 0.416 e. The number of benzene rings is 3. The van der Waals surface area contributed by atoms with Gasteiger partial charge >= 0.3 is 29.9 Å². The fraction of sp³-hybridized carbons (Fsp3) is 0.237. The third-order valence-electron chi connectivity index (χ3n) is 8.27. The fourth-order valence-corrected chi connectivity index (χ4v) is 6.92. The molecule has 7 rings (SSSR count). The molecule has 1 amide bonds. The molecule has 2 N–H and O–H groups in total. The number of rotatable bonds is 7. The van der Waals surface area contributed by atoms with Crippen molar-refractivity contribution in [3.63, 3.8) is 0 Å². The first-order chi connectivity index (χ1) is 30.5. The molecule has 3 aromatic heterocycles. The lowest BCUT2D eigenvalue weighted by Gasteiger charge is -2.11. The number of nitrogens with one attached hydrogen (secondary N) is 2. The largest absolute Gasteiger partial charge is 0.434 e. The van der Waals surface area contributed by atoms with Gasteiger partial charge in [0.05, 0.1) is 52.5 Å². The van der Waals surface area contributed by atoms with Crippen LogP contribution in [0.2, 0.25) is 30.1 Å². The molecular weight excluding hydrogens is 1050 g/mol. The third-order valence-corrected chi connectivity index (χ3v) is 10.1. The summed E-state index contributed by atoms with van der Waals surface area (Å²) in [4.78, 5) is 23.1. The maximum atomic E-state index is 12.7. The molecule has 3 heterocycles. The van der Waals surface area contributed by atoms with Crippen LogP contribution in [0.5, 0.6) is 34.9 Å². The van der Waals surface area contributed by atoms with E-state index >= 15 is 0 Å². The predicted octanol–water partition coefficient (Wildman–Crippen LogP) is 15.4. The van der Waals surface area contributed by atoms with Gasteiger partial charge in [-0.25, -0.2) is 4.79 Å². The minimum atomic E-state index is -4.59. The predicted molar refractivity (Wildman–Crippen MR) is 225 cm³/mol. The van der Waals surface area contributed by atoms with Crippen molar-refractivity contribution in [2.75, 3.05) is 0 Å². The Balaban J connectivity index is 0.000000187. The molecule has 1 saturated carbocycles. The van der Waals surface area contributed by atoms with E-state index in [9.17, 15) is 49.1 Å². The number of carbonyl (C=O) groups excluding carboxylic acids is 2. The van der Waals surface area contributed by atoms with Gasteiger partial charge in [0, 0.05) is 35.6 Å². The van der Waals surface area contributed by atoms with E-state index in [-0.39, 0.29) is 71.1 Å². The second-order valence-electron chi connectivity index (χ2n) is 13.5. The van der Waals surface area contributed by atoms with E-state index in [0.29, 0.717) is 35.7 Å². The second-order valence-corrected chi connectivity index (χ2v) is 16.3. The lowest BCUT2D eigenvalue weighted by atomic mass is 10.2. The molecule has 28 heteroatoms. The zero-order chi connectivity index (χ0) is 49.2. The van der Waals surface area contributed by atoms with E-state index in [1.807, 2.05) is 0 Å². The van der Waals surface area contributed by atoms with E-state index in [0.717, 1.165) is 40.0 Å². The Morgan fingerprint density at radius 3 is 1.20 bits per heavy atom. The standard InChI is InChI=1S/C15H12Cl2F3N3O2.C12H6Cl3F3N2O2.C11H7Cl2F3N2O/c1-7-4-12(22-23(7)14(24)21-9-2-3-9)25-13-10(16)5-8(6-11(13)17)15(18,19)20;1-5-2-9(19-20(5)11(15)21)22-10-7(13)3-6(4-8(10)14)12(16,17)18;1-5-2-9(18-17-5)19-10-7(12)3-6(4-8(10)13)11(14,15)16/h4-6,9H,2-3H2,1H3,(H,21,24);2-4H,1H3;2-4H,1H3,(H,17,18). The van der Waals surface area contributed by atoms with Crippen LogP contribution in [0.25, 0.3) is 0 Å². The maximum absolute atomic E-state index is 12.7. The van der Waals surface area contributed by atoms with Crippen LogP contribution in [0.15, 0.2) is 54.6 Å². The Bertz CT molecular complexity index is 2700. The number of alkyl halides is 9. The van der Waals surface area contributed by atoms with Gasteiger partial charge in [-0.15, -0.1) is 15.3 Å². The number of halogens is 16. The average molecular weight is 1080 g/mol. The highest BCUT2D eigenvalue weighted by Gasteiger charge is 2.35. The molecule has 0 saturated heterocycles. The first kappa shape index (κ1) is 52.2. The minimum Gasteiger partial charge on any atom is -0.434 e. The number of H-pyrrole nitrogens is 1. The van der Waals surface area contributed by atoms with Gasteiger partial charge < -0.3 is 19.5 Å². The van der Waals surface area contributed by atoms with E-state index in [1.165, 1.54) is 19.1 Å². The first-order valence-electron chi connectivity index (χ1n) is 17.9. The third kappa shape index (κ3) is 13.7. The van der Waals surface area contributed by atoms with Crippen LogP contribution >= 0.6 is 81.2 Å². The van der Waals surface area contributed by atoms with Crippen LogP contribution in [0.1, 0.15) is 46.6 Å². The topological polar surface area (TPSA) is 138 Å². The van der Waals surface area contributed by atoms with Gasteiger partial charge in [-0.2, -0.15) is 48.9 Å². The quantitative estimate of drug-likeness (QED) is 0.119. The molecule has 0 aliphatic heterocycles. The van der Waals surface area contributed by atoms with Gasteiger partial charge in [0.2, 0.25) is 17.6 Å². The molecule has 6 aromatic rings. The van der Waals surface area contributed by atoms with Gasteiger partial charge in [0.25, 0.3) is 0 Å². The molecular formula is C38H25Cl7F9N7O5. The van der Waals surface area contributed by atoms with Crippen LogP contribution in [0.3, 0.4) is 0 Å². The molecule has 12 nitrogen and oxygen atoms in total. The highest BCUT2D eigenvalue weighted by Crippen LogP contribution is 2.44. The fourth-order valence-electron chi connectivity index (χ4n) is 5.06. The summed E-state index contributed by atoms with van der Waals surface area (Å²) in [5.41, 5.74) is -1.34. The molecule has 1 fully saturated rings. The Morgan fingerprint density at radius 2 is 0.909 bits per heavy atom. The number of nitrogens with zero attached hydrogens (tertiary/aromatic N) is 5. The SMILES string of the molecule is Cc1cc(Oc2c(Cl)cc(C(F)(F)F)cc2Cl)n[nH]1.Cc1cc(Oc2c(Cl)cc(C(F)(F)F)cc2Cl)nn1C(=O)Cl.Cc1cc(Oc2c(Cl)cc(C(F)(F)F)cc2Cl)nn1C(=O)NC1CC1. The number of hydrogen-bond donors (Lipinski definition) is 2. The van der Waals surface area contributed by atoms with Gasteiger partial charge in [-0.1, -0.05) is 69.6 Å². The summed E-state index contributed by atoms with van der Waals surface area (Å²) in [6.45, 7) is 4.92. The molecule has 0 spiro atoms. The summed E-state index contributed by atoms with van der Waals surface area (Å²) < 4.78 is 132. The summed E-state index contributed by atoms with van der Waals surface area (Å²) >= 11 is 40.0. The zero-order valence-corrected chi connectivity index (χ0v) is 38.3. The number of aromatic amines is 1. The molecule has 0 bridgehead atoms. The van der Waals surface area contributed by atoms with Crippen molar-refractivity contribution in [3.8, 4) is 34.9 Å². The van der Waals surface area contributed by atoms with Crippen LogP contribution in [-0.4, -0.2) is 47.2 Å². The lowest BCUT2D eigenvalue weighted by Crippen LogP contribution is -2.31. The molecule has 3 aromatic carbocycles. The summed E-state index contributed by atoms with van der Waals surface area (Å²) in [6, 6.07) is 8.41. The molecule has 0 unspecified atom stereocenters. The summed E-state index contributed by atoms with van der Waals surface area (Å²) in [6.07, 6.45) is -11.8. The lowest BCUT2D eigenvalue weighted by molar-refractivity contribution is -0.138. The molecule has 1 aliphatic carbocycles. The monoisotopic (exact) mass is 1070 g/mol. The highest BCUT2D eigenvalue weighted by molar-refractivity contribution is 6.63. The molecule has 354 valence electrons. The van der Waals surface area contributed by atoms with Crippen LogP contribution < -0.4 is 19.5 Å². The highest BCUT2D eigenvalue weighted by atomic mass is 35.5. The van der Waals surface area contributed by atoms with E-state index in [2.05, 4.69) is 25.7 Å². The summed E-state index contributed by atoms with van der Waals surface area (Å²) in [5, 5.41) is 14.2. The van der Waals surface area contributed by atoms with Crippen LogP contribution in [-0.2, 0) is 18.5 Å². The van der Waals surface area contributed by atoms with Crippen molar-refractivity contribution in [2.24, 2.45) is 0 Å².